The van der Waals surface area contributed by atoms with Crippen LogP contribution in [0.4, 0.5) is 0 Å². The van der Waals surface area contributed by atoms with Gasteiger partial charge in [0.1, 0.15) is 23.0 Å². The minimum absolute atomic E-state index is 0.00846. The Morgan fingerprint density at radius 2 is 1.81 bits per heavy atom. The number of phenolic OH excluding ortho intramolecular Hbond substituents is 1. The molecule has 3 aliphatic rings. The number of hydrogen-bond donors (Lipinski definition) is 1. The minimum Gasteiger partial charge on any atom is -0.507 e. The molecule has 1 fully saturated rings. The van der Waals surface area contributed by atoms with Gasteiger partial charge in [0.05, 0.1) is 37.9 Å². The number of ketones is 2. The number of carbonyl (C=O) groups excluding carboxylic acids is 2. The van der Waals surface area contributed by atoms with Gasteiger partial charge in [0.15, 0.2) is 5.78 Å². The number of fused-ring (bicyclic) bond motifs is 5. The van der Waals surface area contributed by atoms with Crippen LogP contribution in [0.25, 0.3) is 0 Å². The molecule has 138 valence electrons. The number of ether oxygens (including phenoxy) is 4. The first-order valence-corrected chi connectivity index (χ1v) is 8.58. The molecule has 1 N–H and O–H groups in total. The second-order valence-electron chi connectivity index (χ2n) is 6.72. The van der Waals surface area contributed by atoms with E-state index < -0.39 is 17.9 Å². The van der Waals surface area contributed by atoms with Crippen LogP contribution in [0, 0.1) is 0 Å². The Morgan fingerprint density at radius 1 is 1.04 bits per heavy atom. The summed E-state index contributed by atoms with van der Waals surface area (Å²) in [5.74, 6) is -0.181. The van der Waals surface area contributed by atoms with E-state index in [4.69, 9.17) is 18.9 Å². The van der Waals surface area contributed by atoms with Gasteiger partial charge in [-0.25, -0.2) is 0 Å². The lowest BCUT2D eigenvalue weighted by Gasteiger charge is -2.22. The predicted molar refractivity (Wildman–Crippen MR) is 92.2 cm³/mol. The van der Waals surface area contributed by atoms with Gasteiger partial charge in [-0.05, 0) is 18.6 Å². The summed E-state index contributed by atoms with van der Waals surface area (Å²) < 4.78 is 21.8. The maximum absolute atomic E-state index is 13.2. The van der Waals surface area contributed by atoms with Gasteiger partial charge in [-0.2, -0.15) is 0 Å². The summed E-state index contributed by atoms with van der Waals surface area (Å²) in [6, 6.07) is 4.58. The van der Waals surface area contributed by atoms with E-state index in [-0.39, 0.29) is 39.7 Å². The summed E-state index contributed by atoms with van der Waals surface area (Å²) in [7, 11) is 2.88. The molecule has 1 aliphatic carbocycles. The van der Waals surface area contributed by atoms with Gasteiger partial charge in [-0.1, -0.05) is 0 Å². The quantitative estimate of drug-likeness (QED) is 0.743. The molecular weight excluding hydrogens is 352 g/mol. The monoisotopic (exact) mass is 368 g/mol. The number of phenols is 1. The summed E-state index contributed by atoms with van der Waals surface area (Å²) in [4.78, 5) is 26.4. The molecule has 0 radical (unpaired) electrons. The molecule has 0 aromatic heterocycles. The van der Waals surface area contributed by atoms with Gasteiger partial charge in [-0.3, -0.25) is 9.59 Å². The van der Waals surface area contributed by atoms with Crippen LogP contribution in [-0.2, 0) is 4.74 Å². The Bertz CT molecular complexity index is 1020. The normalized spacial score (nSPS) is 21.9. The third kappa shape index (κ3) is 2.00. The molecular formula is C20H16O7. The van der Waals surface area contributed by atoms with Gasteiger partial charge in [0.2, 0.25) is 12.1 Å². The Morgan fingerprint density at radius 3 is 2.56 bits per heavy atom. The van der Waals surface area contributed by atoms with E-state index in [1.54, 1.807) is 6.07 Å². The van der Waals surface area contributed by atoms with Crippen LogP contribution in [0.5, 0.6) is 23.0 Å². The van der Waals surface area contributed by atoms with Crippen LogP contribution < -0.4 is 14.2 Å². The standard InChI is InChI=1S/C20H16O7/c1-24-8-5-10-15(12(6-8)25-2)19(23)16-11(17(10)21)7-13-14(18(16)22)9-3-4-26-20(9)27-13/h5-7,9,20,22H,3-4H2,1-2H3. The van der Waals surface area contributed by atoms with Crippen molar-refractivity contribution in [1.82, 2.24) is 0 Å². The van der Waals surface area contributed by atoms with E-state index >= 15 is 0 Å². The van der Waals surface area contributed by atoms with Crippen molar-refractivity contribution in [2.24, 2.45) is 0 Å². The van der Waals surface area contributed by atoms with Crippen LogP contribution in [0.1, 0.15) is 49.7 Å². The maximum atomic E-state index is 13.2. The van der Waals surface area contributed by atoms with Crippen LogP contribution >= 0.6 is 0 Å². The highest BCUT2D eigenvalue weighted by Gasteiger charge is 2.45. The number of hydrogen-bond acceptors (Lipinski definition) is 7. The van der Waals surface area contributed by atoms with Crippen molar-refractivity contribution in [1.29, 1.82) is 0 Å². The van der Waals surface area contributed by atoms with Crippen molar-refractivity contribution in [3.8, 4) is 23.0 Å². The molecule has 1 saturated heterocycles. The first-order chi connectivity index (χ1) is 13.0. The van der Waals surface area contributed by atoms with E-state index in [0.717, 1.165) is 0 Å². The summed E-state index contributed by atoms with van der Waals surface area (Å²) in [6.45, 7) is 0.522. The molecule has 27 heavy (non-hydrogen) atoms. The van der Waals surface area contributed by atoms with Crippen molar-refractivity contribution in [3.05, 3.63) is 46.0 Å². The lowest BCUT2D eigenvalue weighted by molar-refractivity contribution is -0.0337. The summed E-state index contributed by atoms with van der Waals surface area (Å²) >= 11 is 0. The molecule has 2 heterocycles. The molecule has 0 spiro atoms. The first kappa shape index (κ1) is 16.1. The van der Waals surface area contributed by atoms with Crippen LogP contribution in [0.3, 0.4) is 0 Å². The largest absolute Gasteiger partial charge is 0.507 e. The van der Waals surface area contributed by atoms with Gasteiger partial charge >= 0.3 is 0 Å². The lowest BCUT2D eigenvalue weighted by Crippen LogP contribution is -2.22. The zero-order valence-electron chi connectivity index (χ0n) is 14.7. The SMILES string of the molecule is COc1cc(OC)c2c(c1)C(=O)c1cc3c(c(O)c1C2=O)C1CCOC1O3. The highest BCUT2D eigenvalue weighted by atomic mass is 16.7. The highest BCUT2D eigenvalue weighted by molar-refractivity contribution is 6.30. The fourth-order valence-electron chi connectivity index (χ4n) is 4.16. The molecule has 0 bridgehead atoms. The average Bonchev–Trinajstić information content (AvgIpc) is 3.25. The van der Waals surface area contributed by atoms with Crippen molar-refractivity contribution in [3.63, 3.8) is 0 Å². The second kappa shape index (κ2) is 5.47. The average molecular weight is 368 g/mol. The maximum Gasteiger partial charge on any atom is 0.207 e. The van der Waals surface area contributed by atoms with Crippen LogP contribution in [0.15, 0.2) is 18.2 Å². The Kier molecular flexibility index (Phi) is 3.27. The smallest absolute Gasteiger partial charge is 0.207 e. The number of aromatic hydroxyl groups is 1. The van der Waals surface area contributed by atoms with E-state index in [1.807, 2.05) is 0 Å². The van der Waals surface area contributed by atoms with E-state index in [9.17, 15) is 14.7 Å². The van der Waals surface area contributed by atoms with Crippen molar-refractivity contribution in [2.75, 3.05) is 20.8 Å². The van der Waals surface area contributed by atoms with Crippen LogP contribution in [-0.4, -0.2) is 43.8 Å². The second-order valence-corrected chi connectivity index (χ2v) is 6.72. The molecule has 7 heteroatoms. The van der Waals surface area contributed by atoms with Gasteiger partial charge in [0, 0.05) is 22.8 Å². The Balaban J connectivity index is 1.76. The van der Waals surface area contributed by atoms with Crippen molar-refractivity contribution < 1.29 is 33.6 Å². The van der Waals surface area contributed by atoms with Gasteiger partial charge in [-0.15, -0.1) is 0 Å². The first-order valence-electron chi connectivity index (χ1n) is 8.58. The fourth-order valence-corrected chi connectivity index (χ4v) is 4.16. The summed E-state index contributed by atoms with van der Waals surface area (Å²) in [5, 5.41) is 10.9. The summed E-state index contributed by atoms with van der Waals surface area (Å²) in [5.41, 5.74) is 0.944. The Labute approximate surface area is 154 Å². The third-order valence-electron chi connectivity index (χ3n) is 5.43. The van der Waals surface area contributed by atoms with E-state index in [0.29, 0.717) is 30.1 Å². The highest BCUT2D eigenvalue weighted by Crippen LogP contribution is 2.52. The summed E-state index contributed by atoms with van der Waals surface area (Å²) in [6.07, 6.45) is 0.195. The fraction of sp³-hybridized carbons (Fsp3) is 0.300. The molecule has 2 unspecified atom stereocenters. The predicted octanol–water partition coefficient (Wildman–Crippen LogP) is 2.41. The molecule has 2 aliphatic heterocycles. The van der Waals surface area contributed by atoms with E-state index in [1.165, 1.54) is 26.4 Å². The molecule has 5 rings (SSSR count). The zero-order valence-corrected chi connectivity index (χ0v) is 14.7. The minimum atomic E-state index is -0.489. The van der Waals surface area contributed by atoms with E-state index in [2.05, 4.69) is 0 Å². The molecule has 2 atom stereocenters. The van der Waals surface area contributed by atoms with Crippen molar-refractivity contribution in [2.45, 2.75) is 18.6 Å². The number of methoxy groups -OCH3 is 2. The molecule has 2 aromatic rings. The van der Waals surface area contributed by atoms with Gasteiger partial charge < -0.3 is 24.1 Å². The number of rotatable bonds is 2. The van der Waals surface area contributed by atoms with Gasteiger partial charge in [0.25, 0.3) is 0 Å². The third-order valence-corrected chi connectivity index (χ3v) is 5.43. The zero-order chi connectivity index (χ0) is 18.9. The molecule has 0 amide bonds. The molecule has 2 aromatic carbocycles. The molecule has 7 nitrogen and oxygen atoms in total. The van der Waals surface area contributed by atoms with Crippen molar-refractivity contribution >= 4 is 11.6 Å². The lowest BCUT2D eigenvalue weighted by atomic mass is 9.80. The molecule has 0 saturated carbocycles. The van der Waals surface area contributed by atoms with Crippen LogP contribution in [0.2, 0.25) is 0 Å². The number of benzene rings is 2. The Hall–Kier alpha value is -3.06. The topological polar surface area (TPSA) is 91.3 Å². The number of carbonyl (C=O) groups is 2.